The summed E-state index contributed by atoms with van der Waals surface area (Å²) in [4.78, 5) is 17.2. The van der Waals surface area contributed by atoms with Crippen LogP contribution in [0.4, 0.5) is 5.69 Å². The molecule has 0 aliphatic rings. The lowest BCUT2D eigenvalue weighted by molar-refractivity contribution is 0.0691. The number of nitrogens with two attached hydrogens (primary N) is 1. The van der Waals surface area contributed by atoms with E-state index in [1.165, 1.54) is 12.3 Å². The number of hydrogen-bond acceptors (Lipinski definition) is 3. The minimum atomic E-state index is -1.00. The molecule has 2 aromatic heterocycles. The number of aromatic carboxylic acids is 1. The normalized spacial score (nSPS) is 10.5. The molecule has 0 saturated carbocycles. The molecule has 5 heteroatoms. The lowest BCUT2D eigenvalue weighted by Crippen LogP contribution is -1.94. The van der Waals surface area contributed by atoms with Crippen molar-refractivity contribution in [1.29, 1.82) is 0 Å². The number of fused-ring (bicyclic) bond motifs is 1. The second kappa shape index (κ2) is 2.48. The first-order valence-electron chi connectivity index (χ1n) is 3.64. The lowest BCUT2D eigenvalue weighted by atomic mass is 10.3. The fourth-order valence-corrected chi connectivity index (χ4v) is 1.15. The first-order chi connectivity index (χ1) is 6.16. The molecule has 0 saturated heterocycles. The molecule has 0 aliphatic carbocycles. The molecule has 2 aromatic rings. The molecule has 5 nitrogen and oxygen atoms in total. The van der Waals surface area contributed by atoms with E-state index >= 15 is 0 Å². The average molecular weight is 177 g/mol. The maximum atomic E-state index is 10.6. The Morgan fingerprint density at radius 1 is 1.54 bits per heavy atom. The van der Waals surface area contributed by atoms with Crippen LogP contribution in [-0.4, -0.2) is 21.0 Å². The van der Waals surface area contributed by atoms with Crippen molar-refractivity contribution in [1.82, 2.24) is 9.97 Å². The van der Waals surface area contributed by atoms with E-state index in [0.717, 1.165) is 0 Å². The molecule has 4 N–H and O–H groups in total. The Morgan fingerprint density at radius 2 is 2.31 bits per heavy atom. The van der Waals surface area contributed by atoms with E-state index in [4.69, 9.17) is 10.8 Å². The molecule has 2 rings (SSSR count). The third-order valence-corrected chi connectivity index (χ3v) is 1.72. The first kappa shape index (κ1) is 7.60. The molecule has 0 radical (unpaired) electrons. The number of nitrogens with zero attached hydrogens (tertiary/aromatic N) is 1. The minimum absolute atomic E-state index is 0.119. The highest BCUT2D eigenvalue weighted by molar-refractivity contribution is 5.93. The van der Waals surface area contributed by atoms with E-state index in [2.05, 4.69) is 9.97 Å². The molecule has 0 unspecified atom stereocenters. The summed E-state index contributed by atoms with van der Waals surface area (Å²) >= 11 is 0. The molecule has 66 valence electrons. The maximum absolute atomic E-state index is 10.6. The molecule has 13 heavy (non-hydrogen) atoms. The van der Waals surface area contributed by atoms with Gasteiger partial charge in [-0.2, -0.15) is 0 Å². The maximum Gasteiger partial charge on any atom is 0.352 e. The van der Waals surface area contributed by atoms with E-state index in [1.54, 1.807) is 6.07 Å². The van der Waals surface area contributed by atoms with Crippen LogP contribution in [0.2, 0.25) is 0 Å². The number of aromatic nitrogens is 2. The predicted octanol–water partition coefficient (Wildman–Crippen LogP) is 0.843. The van der Waals surface area contributed by atoms with Gasteiger partial charge in [0.2, 0.25) is 0 Å². The van der Waals surface area contributed by atoms with Crippen molar-refractivity contribution in [2.45, 2.75) is 0 Å². The molecule has 0 spiro atoms. The summed E-state index contributed by atoms with van der Waals surface area (Å²) in [6.07, 6.45) is 1.48. The molecular formula is C8H7N3O2. The van der Waals surface area contributed by atoms with Gasteiger partial charge in [-0.15, -0.1) is 0 Å². The smallest absolute Gasteiger partial charge is 0.352 e. The van der Waals surface area contributed by atoms with Crippen LogP contribution in [0.5, 0.6) is 0 Å². The number of pyridine rings is 1. The molecule has 0 aromatic carbocycles. The number of nitrogen functional groups attached to an aromatic ring is 1. The van der Waals surface area contributed by atoms with E-state index in [-0.39, 0.29) is 5.69 Å². The fraction of sp³-hybridized carbons (Fsp3) is 0. The van der Waals surface area contributed by atoms with Crippen molar-refractivity contribution in [2.24, 2.45) is 0 Å². The third kappa shape index (κ3) is 1.20. The summed E-state index contributed by atoms with van der Waals surface area (Å²) in [6, 6.07) is 3.17. The van der Waals surface area contributed by atoms with Crippen LogP contribution >= 0.6 is 0 Å². The van der Waals surface area contributed by atoms with Crippen molar-refractivity contribution in [3.63, 3.8) is 0 Å². The highest BCUT2D eigenvalue weighted by atomic mass is 16.4. The standard InChI is InChI=1S/C8H7N3O2/c9-5-1-4-2-6(8(12)13)11-7(4)10-3-5/h1-3H,9H2,(H,10,11)(H,12,13). The average Bonchev–Trinajstić information content (AvgIpc) is 2.46. The molecule has 2 heterocycles. The zero-order valence-corrected chi connectivity index (χ0v) is 6.61. The van der Waals surface area contributed by atoms with E-state index in [9.17, 15) is 4.79 Å². The largest absolute Gasteiger partial charge is 0.477 e. The molecule has 0 atom stereocenters. The van der Waals surface area contributed by atoms with Gasteiger partial charge in [0.15, 0.2) is 0 Å². The Balaban J connectivity index is 2.68. The number of carboxylic acid groups (broad SMARTS) is 1. The Labute approximate surface area is 73.2 Å². The van der Waals surface area contributed by atoms with Crippen molar-refractivity contribution < 1.29 is 9.90 Å². The van der Waals surface area contributed by atoms with Gasteiger partial charge < -0.3 is 15.8 Å². The van der Waals surface area contributed by atoms with Crippen LogP contribution < -0.4 is 5.73 Å². The molecule has 0 amide bonds. The Kier molecular flexibility index (Phi) is 1.45. The van der Waals surface area contributed by atoms with Gasteiger partial charge in [0.1, 0.15) is 11.3 Å². The zero-order chi connectivity index (χ0) is 9.42. The SMILES string of the molecule is Nc1cnc2[nH]c(C(=O)O)cc2c1. The number of rotatable bonds is 1. The Hall–Kier alpha value is -2.04. The summed E-state index contributed by atoms with van der Waals surface area (Å²) in [5.74, 6) is -1.00. The van der Waals surface area contributed by atoms with Gasteiger partial charge in [-0.25, -0.2) is 9.78 Å². The number of nitrogens with one attached hydrogen (secondary N) is 1. The van der Waals surface area contributed by atoms with Gasteiger partial charge in [0.25, 0.3) is 0 Å². The van der Waals surface area contributed by atoms with Gasteiger partial charge in [-0.3, -0.25) is 0 Å². The van der Waals surface area contributed by atoms with E-state index in [1.807, 2.05) is 0 Å². The van der Waals surface area contributed by atoms with Crippen LogP contribution in [0.25, 0.3) is 11.0 Å². The number of hydrogen-bond donors (Lipinski definition) is 3. The summed E-state index contributed by atoms with van der Waals surface area (Å²) in [5, 5.41) is 9.37. The molecule has 0 aliphatic heterocycles. The second-order valence-corrected chi connectivity index (χ2v) is 2.69. The van der Waals surface area contributed by atoms with Crippen molar-refractivity contribution in [3.8, 4) is 0 Å². The third-order valence-electron chi connectivity index (χ3n) is 1.72. The number of anilines is 1. The molecular weight excluding hydrogens is 170 g/mol. The van der Waals surface area contributed by atoms with Crippen LogP contribution in [0.15, 0.2) is 18.3 Å². The van der Waals surface area contributed by atoms with Gasteiger partial charge in [-0.1, -0.05) is 0 Å². The summed E-state index contributed by atoms with van der Waals surface area (Å²) < 4.78 is 0. The monoisotopic (exact) mass is 177 g/mol. The van der Waals surface area contributed by atoms with Crippen molar-refractivity contribution in [2.75, 3.05) is 5.73 Å². The van der Waals surface area contributed by atoms with Gasteiger partial charge in [0.05, 0.1) is 11.9 Å². The summed E-state index contributed by atoms with van der Waals surface area (Å²) in [7, 11) is 0. The Bertz CT molecular complexity index is 475. The van der Waals surface area contributed by atoms with Crippen LogP contribution in [0.1, 0.15) is 10.5 Å². The van der Waals surface area contributed by atoms with E-state index < -0.39 is 5.97 Å². The predicted molar refractivity (Wildman–Crippen MR) is 47.5 cm³/mol. The van der Waals surface area contributed by atoms with Crippen LogP contribution in [0.3, 0.4) is 0 Å². The lowest BCUT2D eigenvalue weighted by Gasteiger charge is -1.89. The van der Waals surface area contributed by atoms with Gasteiger partial charge in [-0.05, 0) is 12.1 Å². The highest BCUT2D eigenvalue weighted by Crippen LogP contribution is 2.15. The second-order valence-electron chi connectivity index (χ2n) is 2.69. The quantitative estimate of drug-likeness (QED) is 0.601. The minimum Gasteiger partial charge on any atom is -0.477 e. The van der Waals surface area contributed by atoms with E-state index in [0.29, 0.717) is 16.7 Å². The molecule has 0 bridgehead atoms. The highest BCUT2D eigenvalue weighted by Gasteiger charge is 2.07. The first-order valence-corrected chi connectivity index (χ1v) is 3.64. The topological polar surface area (TPSA) is 92.0 Å². The number of aromatic amines is 1. The van der Waals surface area contributed by atoms with Gasteiger partial charge >= 0.3 is 5.97 Å². The van der Waals surface area contributed by atoms with Gasteiger partial charge in [0, 0.05) is 5.39 Å². The number of H-pyrrole nitrogens is 1. The molecule has 0 fully saturated rings. The Morgan fingerprint density at radius 3 is 3.00 bits per heavy atom. The summed E-state index contributed by atoms with van der Waals surface area (Å²) in [6.45, 7) is 0. The number of carbonyl (C=O) groups is 1. The number of carboxylic acids is 1. The fourth-order valence-electron chi connectivity index (χ4n) is 1.15. The van der Waals surface area contributed by atoms with Crippen LogP contribution in [-0.2, 0) is 0 Å². The zero-order valence-electron chi connectivity index (χ0n) is 6.61. The summed E-state index contributed by atoms with van der Waals surface area (Å²) in [5.41, 5.74) is 6.65. The van der Waals surface area contributed by atoms with Crippen molar-refractivity contribution >= 4 is 22.7 Å². The van der Waals surface area contributed by atoms with Crippen LogP contribution in [0, 0.1) is 0 Å². The van der Waals surface area contributed by atoms with Crippen molar-refractivity contribution in [3.05, 3.63) is 24.0 Å².